The van der Waals surface area contributed by atoms with Crippen molar-refractivity contribution >= 4 is 64.7 Å². The second-order valence-electron chi connectivity index (χ2n) is 6.43. The number of benzene rings is 1. The van der Waals surface area contributed by atoms with Crippen LogP contribution in [0.1, 0.15) is 24.1 Å². The first-order valence-corrected chi connectivity index (χ1v) is 9.58. The van der Waals surface area contributed by atoms with Crippen LogP contribution in [0.2, 0.25) is 10.2 Å². The lowest BCUT2D eigenvalue weighted by Gasteiger charge is -2.16. The Kier molecular flexibility index (Phi) is 8.45. The number of aromatic nitrogens is 1. The van der Waals surface area contributed by atoms with Crippen molar-refractivity contribution in [3.63, 3.8) is 0 Å². The molecule has 9 heteroatoms. The molecule has 1 fully saturated rings. The molecule has 2 heterocycles. The van der Waals surface area contributed by atoms with Gasteiger partial charge in [0.15, 0.2) is 5.96 Å². The molecule has 3 rings (SSSR count). The summed E-state index contributed by atoms with van der Waals surface area (Å²) in [6.07, 6.45) is 1.57. The Hall–Kier alpha value is -1.45. The highest BCUT2D eigenvalue weighted by molar-refractivity contribution is 14.0. The van der Waals surface area contributed by atoms with E-state index in [1.165, 1.54) is 0 Å². The largest absolute Gasteiger partial charge is 0.352 e. The molecule has 2 aromatic rings. The minimum absolute atomic E-state index is 0. The van der Waals surface area contributed by atoms with Crippen LogP contribution >= 0.6 is 47.2 Å². The van der Waals surface area contributed by atoms with Crippen molar-refractivity contribution in [3.8, 4) is 0 Å². The molecule has 0 atom stereocenters. The van der Waals surface area contributed by atoms with Crippen LogP contribution in [0.5, 0.6) is 0 Å². The van der Waals surface area contributed by atoms with Crippen molar-refractivity contribution in [2.24, 2.45) is 12.0 Å². The van der Waals surface area contributed by atoms with Crippen molar-refractivity contribution < 1.29 is 4.79 Å². The summed E-state index contributed by atoms with van der Waals surface area (Å²) in [6, 6.07) is 9.87. The van der Waals surface area contributed by atoms with E-state index in [2.05, 4.69) is 15.6 Å². The number of carbonyl (C=O) groups is 1. The highest BCUT2D eigenvalue weighted by atomic mass is 127. The van der Waals surface area contributed by atoms with E-state index < -0.39 is 0 Å². The molecule has 2 N–H and O–H groups in total. The Morgan fingerprint density at radius 2 is 1.86 bits per heavy atom. The number of hydrogen-bond acceptors (Lipinski definition) is 2. The zero-order chi connectivity index (χ0) is 19.4. The zero-order valence-corrected chi connectivity index (χ0v) is 19.7. The maximum absolute atomic E-state index is 11.8. The smallest absolute Gasteiger partial charge is 0.227 e. The maximum atomic E-state index is 11.8. The van der Waals surface area contributed by atoms with E-state index >= 15 is 0 Å². The molecule has 0 radical (unpaired) electrons. The third kappa shape index (κ3) is 5.33. The molecule has 1 aliphatic rings. The highest BCUT2D eigenvalue weighted by Gasteiger charge is 2.21. The van der Waals surface area contributed by atoms with E-state index in [4.69, 9.17) is 23.2 Å². The predicted molar refractivity (Wildman–Crippen MR) is 126 cm³/mol. The van der Waals surface area contributed by atoms with E-state index in [0.717, 1.165) is 29.9 Å². The number of hydrogen-bond donors (Lipinski definition) is 2. The fourth-order valence-electron chi connectivity index (χ4n) is 3.05. The standard InChI is InChI=1S/C19H23Cl2N5O.HI/c1-22-19(24-12-15-10-16(20)18(21)25(15)2)23-11-13-5-7-14(8-6-13)26-9-3-4-17(26)27;/h5-8,10H,3-4,9,11-12H2,1-2H3,(H2,22,23,24);1H. The van der Waals surface area contributed by atoms with E-state index in [0.29, 0.717) is 35.6 Å². The van der Waals surface area contributed by atoms with Gasteiger partial charge >= 0.3 is 0 Å². The van der Waals surface area contributed by atoms with Crippen molar-refractivity contribution in [2.75, 3.05) is 18.5 Å². The van der Waals surface area contributed by atoms with Gasteiger partial charge in [-0.25, -0.2) is 0 Å². The van der Waals surface area contributed by atoms with Crippen LogP contribution in [0.4, 0.5) is 5.69 Å². The van der Waals surface area contributed by atoms with Crippen LogP contribution in [0.15, 0.2) is 35.3 Å². The third-order valence-electron chi connectivity index (χ3n) is 4.66. The molecular formula is C19H24Cl2IN5O. The molecule has 152 valence electrons. The molecule has 1 aromatic heterocycles. The van der Waals surface area contributed by atoms with Crippen LogP contribution in [-0.4, -0.2) is 30.0 Å². The highest BCUT2D eigenvalue weighted by Crippen LogP contribution is 2.25. The third-order valence-corrected chi connectivity index (χ3v) is 5.50. The summed E-state index contributed by atoms with van der Waals surface area (Å²) in [6.45, 7) is 1.99. The molecule has 0 aliphatic carbocycles. The molecule has 1 aromatic carbocycles. The summed E-state index contributed by atoms with van der Waals surface area (Å²) in [7, 11) is 3.59. The number of halogens is 3. The average molecular weight is 536 g/mol. The first kappa shape index (κ1) is 22.8. The van der Waals surface area contributed by atoms with Gasteiger partial charge in [0.2, 0.25) is 5.91 Å². The monoisotopic (exact) mass is 535 g/mol. The molecule has 0 unspecified atom stereocenters. The quantitative estimate of drug-likeness (QED) is 0.346. The summed E-state index contributed by atoms with van der Waals surface area (Å²) in [5.74, 6) is 0.883. The van der Waals surface area contributed by atoms with Crippen LogP contribution in [0.25, 0.3) is 0 Å². The van der Waals surface area contributed by atoms with Crippen LogP contribution in [0.3, 0.4) is 0 Å². The molecule has 0 spiro atoms. The Labute approximate surface area is 192 Å². The predicted octanol–water partition coefficient (Wildman–Crippen LogP) is 3.94. The molecule has 1 aliphatic heterocycles. The second-order valence-corrected chi connectivity index (χ2v) is 7.19. The van der Waals surface area contributed by atoms with Crippen LogP contribution in [-0.2, 0) is 24.9 Å². The number of carbonyl (C=O) groups excluding carboxylic acids is 1. The minimum Gasteiger partial charge on any atom is -0.352 e. The zero-order valence-electron chi connectivity index (χ0n) is 15.8. The lowest BCUT2D eigenvalue weighted by Crippen LogP contribution is -2.36. The fourth-order valence-corrected chi connectivity index (χ4v) is 3.47. The number of aliphatic imine (C=N–C) groups is 1. The van der Waals surface area contributed by atoms with E-state index in [-0.39, 0.29) is 29.9 Å². The van der Waals surface area contributed by atoms with Crippen molar-refractivity contribution in [2.45, 2.75) is 25.9 Å². The van der Waals surface area contributed by atoms with Gasteiger partial charge in [0, 0.05) is 45.0 Å². The number of anilines is 1. The molecule has 28 heavy (non-hydrogen) atoms. The lowest BCUT2D eigenvalue weighted by atomic mass is 10.2. The Morgan fingerprint density at radius 1 is 1.18 bits per heavy atom. The Balaban J connectivity index is 0.00000280. The van der Waals surface area contributed by atoms with E-state index in [9.17, 15) is 4.79 Å². The van der Waals surface area contributed by atoms with Crippen molar-refractivity contribution in [3.05, 3.63) is 51.8 Å². The van der Waals surface area contributed by atoms with Gasteiger partial charge < -0.3 is 20.1 Å². The molecule has 1 saturated heterocycles. The normalized spacial score (nSPS) is 14.2. The van der Waals surface area contributed by atoms with Crippen molar-refractivity contribution in [1.29, 1.82) is 0 Å². The van der Waals surface area contributed by atoms with Gasteiger partial charge in [-0.05, 0) is 30.2 Å². The maximum Gasteiger partial charge on any atom is 0.227 e. The van der Waals surface area contributed by atoms with Crippen LogP contribution in [0, 0.1) is 0 Å². The number of amides is 1. The fraction of sp³-hybridized carbons (Fsp3) is 0.368. The van der Waals surface area contributed by atoms with Gasteiger partial charge in [-0.15, -0.1) is 24.0 Å². The van der Waals surface area contributed by atoms with Gasteiger partial charge in [0.25, 0.3) is 0 Å². The summed E-state index contributed by atoms with van der Waals surface area (Å²) < 4.78 is 1.84. The van der Waals surface area contributed by atoms with Gasteiger partial charge in [-0.1, -0.05) is 35.3 Å². The lowest BCUT2D eigenvalue weighted by molar-refractivity contribution is -0.117. The summed E-state index contributed by atoms with van der Waals surface area (Å²) in [5, 5.41) is 7.58. The number of guanidine groups is 1. The van der Waals surface area contributed by atoms with Crippen molar-refractivity contribution in [1.82, 2.24) is 15.2 Å². The van der Waals surface area contributed by atoms with E-state index in [1.54, 1.807) is 7.05 Å². The Morgan fingerprint density at radius 3 is 2.39 bits per heavy atom. The molecule has 0 saturated carbocycles. The first-order valence-electron chi connectivity index (χ1n) is 8.83. The number of rotatable bonds is 5. The van der Waals surface area contributed by atoms with Gasteiger partial charge in [0.1, 0.15) is 5.15 Å². The summed E-state index contributed by atoms with van der Waals surface area (Å²) in [5.41, 5.74) is 3.03. The number of nitrogens with zero attached hydrogens (tertiary/aromatic N) is 3. The number of nitrogens with one attached hydrogen (secondary N) is 2. The molecule has 6 nitrogen and oxygen atoms in total. The van der Waals surface area contributed by atoms with Gasteiger partial charge in [0.05, 0.1) is 11.6 Å². The Bertz CT molecular complexity index is 851. The van der Waals surface area contributed by atoms with E-state index in [1.807, 2.05) is 46.8 Å². The molecule has 1 amide bonds. The summed E-state index contributed by atoms with van der Waals surface area (Å²) >= 11 is 12.1. The first-order chi connectivity index (χ1) is 13.0. The average Bonchev–Trinajstić information content (AvgIpc) is 3.21. The minimum atomic E-state index is 0. The van der Waals surface area contributed by atoms with Gasteiger partial charge in [-0.3, -0.25) is 9.79 Å². The molecule has 0 bridgehead atoms. The summed E-state index contributed by atoms with van der Waals surface area (Å²) in [4.78, 5) is 17.9. The van der Waals surface area contributed by atoms with Crippen LogP contribution < -0.4 is 15.5 Å². The SMILES string of the molecule is CN=C(NCc1ccc(N2CCCC2=O)cc1)NCc1cc(Cl)c(Cl)n1C.I. The second kappa shape index (κ2) is 10.4. The van der Waals surface area contributed by atoms with Gasteiger partial charge in [-0.2, -0.15) is 0 Å². The topological polar surface area (TPSA) is 61.7 Å². The molecular weight excluding hydrogens is 512 g/mol.